The van der Waals surface area contributed by atoms with E-state index in [1.807, 2.05) is 0 Å². The van der Waals surface area contributed by atoms with Gasteiger partial charge in [0.1, 0.15) is 5.82 Å². The van der Waals surface area contributed by atoms with Crippen molar-refractivity contribution < 1.29 is 18.6 Å². The maximum Gasteiger partial charge on any atom is 0.188 e. The van der Waals surface area contributed by atoms with E-state index in [0.29, 0.717) is 16.0 Å². The highest BCUT2D eigenvalue weighted by molar-refractivity contribution is 9.10. The molecule has 0 aliphatic heterocycles. The topological polar surface area (TPSA) is 27.7 Å². The monoisotopic (exact) mass is 264 g/mol. The summed E-state index contributed by atoms with van der Waals surface area (Å²) in [6, 6.07) is 2.74. The van der Waals surface area contributed by atoms with E-state index in [1.165, 1.54) is 26.4 Å². The first kappa shape index (κ1) is 11.3. The second-order valence-electron chi connectivity index (χ2n) is 2.47. The van der Waals surface area contributed by atoms with E-state index in [0.717, 1.165) is 0 Å². The molecule has 0 fully saturated rings. The highest BCUT2D eigenvalue weighted by atomic mass is 79.9. The third-order valence-corrected chi connectivity index (χ3v) is 2.15. The van der Waals surface area contributed by atoms with Crippen LogP contribution >= 0.6 is 15.9 Å². The molecule has 0 unspecified atom stereocenters. The third kappa shape index (κ3) is 2.59. The summed E-state index contributed by atoms with van der Waals surface area (Å²) in [6.45, 7) is 0.0917. The lowest BCUT2D eigenvalue weighted by atomic mass is 10.3. The molecule has 0 spiro atoms. The van der Waals surface area contributed by atoms with Crippen molar-refractivity contribution in [1.82, 2.24) is 0 Å². The Balaban J connectivity index is 2.95. The van der Waals surface area contributed by atoms with E-state index >= 15 is 0 Å². The highest BCUT2D eigenvalue weighted by Crippen LogP contribution is 2.32. The summed E-state index contributed by atoms with van der Waals surface area (Å²) in [5, 5.41) is 0. The molecule has 0 saturated heterocycles. The van der Waals surface area contributed by atoms with E-state index in [4.69, 9.17) is 14.2 Å². The van der Waals surface area contributed by atoms with Crippen LogP contribution in [-0.2, 0) is 4.74 Å². The molecule has 5 heteroatoms. The molecule has 0 atom stereocenters. The van der Waals surface area contributed by atoms with Gasteiger partial charge in [-0.25, -0.2) is 4.39 Å². The number of halogens is 2. The fraction of sp³-hybridized carbons (Fsp3) is 0.333. The van der Waals surface area contributed by atoms with Gasteiger partial charge in [0, 0.05) is 19.2 Å². The van der Waals surface area contributed by atoms with E-state index in [-0.39, 0.29) is 6.79 Å². The summed E-state index contributed by atoms with van der Waals surface area (Å²) in [4.78, 5) is 0. The first-order valence-electron chi connectivity index (χ1n) is 3.83. The number of ether oxygens (including phenoxy) is 3. The standard InChI is InChI=1S/C9H10BrFO3/c1-12-5-14-9-3-6(10)7(11)4-8(9)13-2/h3-4H,5H2,1-2H3. The Morgan fingerprint density at radius 2 is 2.00 bits per heavy atom. The Morgan fingerprint density at radius 3 is 2.57 bits per heavy atom. The van der Waals surface area contributed by atoms with E-state index < -0.39 is 5.82 Å². The van der Waals surface area contributed by atoms with Crippen molar-refractivity contribution in [1.29, 1.82) is 0 Å². The molecule has 0 N–H and O–H groups in total. The van der Waals surface area contributed by atoms with Crippen LogP contribution in [0.5, 0.6) is 11.5 Å². The molecular weight excluding hydrogens is 255 g/mol. The fourth-order valence-electron chi connectivity index (χ4n) is 0.905. The van der Waals surface area contributed by atoms with Gasteiger partial charge >= 0.3 is 0 Å². The Labute approximate surface area is 89.9 Å². The second-order valence-corrected chi connectivity index (χ2v) is 3.32. The summed E-state index contributed by atoms with van der Waals surface area (Å²) in [5.74, 6) is 0.372. The molecule has 0 saturated carbocycles. The van der Waals surface area contributed by atoms with Crippen LogP contribution in [0.15, 0.2) is 16.6 Å². The molecule has 0 heterocycles. The van der Waals surface area contributed by atoms with Gasteiger partial charge in [-0.05, 0) is 15.9 Å². The maximum atomic E-state index is 13.1. The van der Waals surface area contributed by atoms with Crippen molar-refractivity contribution in [3.05, 3.63) is 22.4 Å². The average Bonchev–Trinajstić information content (AvgIpc) is 2.19. The van der Waals surface area contributed by atoms with Crippen LogP contribution in [0.1, 0.15) is 0 Å². The van der Waals surface area contributed by atoms with Crippen molar-refractivity contribution in [2.24, 2.45) is 0 Å². The van der Waals surface area contributed by atoms with Crippen LogP contribution in [0.25, 0.3) is 0 Å². The van der Waals surface area contributed by atoms with Crippen molar-refractivity contribution in [3.63, 3.8) is 0 Å². The predicted molar refractivity (Wildman–Crippen MR) is 53.2 cm³/mol. The van der Waals surface area contributed by atoms with Crippen molar-refractivity contribution >= 4 is 15.9 Å². The number of rotatable bonds is 4. The zero-order valence-electron chi connectivity index (χ0n) is 7.84. The van der Waals surface area contributed by atoms with Crippen LogP contribution in [0.2, 0.25) is 0 Å². The van der Waals surface area contributed by atoms with Crippen molar-refractivity contribution in [2.45, 2.75) is 0 Å². The van der Waals surface area contributed by atoms with Crippen LogP contribution in [0, 0.1) is 5.82 Å². The summed E-state index contributed by atoms with van der Waals surface area (Å²) in [7, 11) is 2.95. The number of hydrogen-bond acceptors (Lipinski definition) is 3. The molecule has 0 aliphatic carbocycles. The molecular formula is C9H10BrFO3. The molecule has 0 bridgehead atoms. The second kappa shape index (κ2) is 5.17. The van der Waals surface area contributed by atoms with E-state index in [2.05, 4.69) is 15.9 Å². The Kier molecular flexibility index (Phi) is 4.16. The smallest absolute Gasteiger partial charge is 0.188 e. The highest BCUT2D eigenvalue weighted by Gasteiger charge is 2.09. The molecule has 1 aromatic carbocycles. The van der Waals surface area contributed by atoms with Gasteiger partial charge in [0.2, 0.25) is 0 Å². The van der Waals surface area contributed by atoms with Gasteiger partial charge in [-0.1, -0.05) is 0 Å². The van der Waals surface area contributed by atoms with Crippen molar-refractivity contribution in [2.75, 3.05) is 21.0 Å². The molecule has 0 aliphatic rings. The van der Waals surface area contributed by atoms with Gasteiger partial charge in [-0.3, -0.25) is 0 Å². The molecule has 1 rings (SSSR count). The minimum atomic E-state index is -0.397. The fourth-order valence-corrected chi connectivity index (χ4v) is 1.23. The largest absolute Gasteiger partial charge is 0.493 e. The summed E-state index contributed by atoms with van der Waals surface area (Å²) in [6.07, 6.45) is 0. The SMILES string of the molecule is COCOc1cc(Br)c(F)cc1OC. The van der Waals surface area contributed by atoms with E-state index in [1.54, 1.807) is 0 Å². The van der Waals surface area contributed by atoms with Crippen molar-refractivity contribution in [3.8, 4) is 11.5 Å². The first-order valence-corrected chi connectivity index (χ1v) is 4.63. The molecule has 1 aromatic rings. The molecule has 14 heavy (non-hydrogen) atoms. The minimum Gasteiger partial charge on any atom is -0.493 e. The van der Waals surface area contributed by atoms with Crippen LogP contribution in [-0.4, -0.2) is 21.0 Å². The van der Waals surface area contributed by atoms with Gasteiger partial charge in [-0.15, -0.1) is 0 Å². The minimum absolute atomic E-state index is 0.0917. The number of methoxy groups -OCH3 is 2. The summed E-state index contributed by atoms with van der Waals surface area (Å²) < 4.78 is 28.2. The van der Waals surface area contributed by atoms with Crippen LogP contribution in [0.4, 0.5) is 4.39 Å². The molecule has 3 nitrogen and oxygen atoms in total. The zero-order valence-corrected chi connectivity index (χ0v) is 9.43. The normalized spacial score (nSPS) is 10.0. The Hall–Kier alpha value is -0.810. The maximum absolute atomic E-state index is 13.1. The summed E-state index contributed by atoms with van der Waals surface area (Å²) >= 11 is 3.05. The Morgan fingerprint density at radius 1 is 1.29 bits per heavy atom. The van der Waals surface area contributed by atoms with Gasteiger partial charge in [0.15, 0.2) is 18.3 Å². The van der Waals surface area contributed by atoms with Gasteiger partial charge in [0.25, 0.3) is 0 Å². The van der Waals surface area contributed by atoms with E-state index in [9.17, 15) is 4.39 Å². The van der Waals surface area contributed by atoms with Gasteiger partial charge in [-0.2, -0.15) is 0 Å². The number of hydrogen-bond donors (Lipinski definition) is 0. The van der Waals surface area contributed by atoms with Gasteiger partial charge in [0.05, 0.1) is 11.6 Å². The first-order chi connectivity index (χ1) is 6.69. The third-order valence-electron chi connectivity index (χ3n) is 1.54. The summed E-state index contributed by atoms with van der Waals surface area (Å²) in [5.41, 5.74) is 0. The lowest BCUT2D eigenvalue weighted by Crippen LogP contribution is -2.01. The molecule has 0 aromatic heterocycles. The Bertz CT molecular complexity index is 317. The molecule has 0 radical (unpaired) electrons. The zero-order chi connectivity index (χ0) is 10.6. The van der Waals surface area contributed by atoms with Crippen LogP contribution < -0.4 is 9.47 Å². The van der Waals surface area contributed by atoms with Gasteiger partial charge < -0.3 is 14.2 Å². The molecule has 78 valence electrons. The average molecular weight is 265 g/mol. The quantitative estimate of drug-likeness (QED) is 0.783. The molecule has 0 amide bonds. The predicted octanol–water partition coefficient (Wildman–Crippen LogP) is 2.58. The lowest BCUT2D eigenvalue weighted by molar-refractivity contribution is 0.0490. The lowest BCUT2D eigenvalue weighted by Gasteiger charge is -2.10. The number of benzene rings is 1. The van der Waals surface area contributed by atoms with Crippen LogP contribution in [0.3, 0.4) is 0 Å².